The highest BCUT2D eigenvalue weighted by atomic mass is 32.2. The van der Waals surface area contributed by atoms with Crippen LogP contribution in [0, 0.1) is 12.8 Å². The maximum atomic E-state index is 13.2. The van der Waals surface area contributed by atoms with Gasteiger partial charge in [-0.2, -0.15) is 11.8 Å². The number of benzene rings is 1. The van der Waals surface area contributed by atoms with E-state index in [0.717, 1.165) is 5.75 Å². The smallest absolute Gasteiger partial charge is 0.255 e. The lowest BCUT2D eigenvalue weighted by Crippen LogP contribution is -2.51. The van der Waals surface area contributed by atoms with E-state index in [1.165, 1.54) is 7.11 Å². The third-order valence-electron chi connectivity index (χ3n) is 5.62. The second kappa shape index (κ2) is 11.7. The molecule has 10 heteroatoms. The largest absolute Gasteiger partial charge is 0.496 e. The average molecular weight is 475 g/mol. The second-order valence-electron chi connectivity index (χ2n) is 7.92. The van der Waals surface area contributed by atoms with Crippen LogP contribution in [0.15, 0.2) is 34.9 Å². The minimum absolute atomic E-state index is 0.126. The quantitative estimate of drug-likeness (QED) is 0.574. The van der Waals surface area contributed by atoms with E-state index >= 15 is 0 Å². The van der Waals surface area contributed by atoms with Crippen LogP contribution in [0.5, 0.6) is 5.75 Å². The summed E-state index contributed by atoms with van der Waals surface area (Å²) in [4.78, 5) is 40.4. The molecule has 0 radical (unpaired) electrons. The molecular formula is C23H30N4O5S. The molecule has 2 N–H and O–H groups in total. The van der Waals surface area contributed by atoms with Gasteiger partial charge in [-0.25, -0.2) is 0 Å². The number of amides is 3. The molecule has 0 bridgehead atoms. The van der Waals surface area contributed by atoms with Gasteiger partial charge in [0.15, 0.2) is 5.82 Å². The number of anilines is 1. The lowest BCUT2D eigenvalue weighted by molar-refractivity contribution is -0.136. The number of thioether (sulfide) groups is 1. The Morgan fingerprint density at radius 1 is 1.27 bits per heavy atom. The van der Waals surface area contributed by atoms with Crippen LogP contribution in [-0.2, 0) is 9.59 Å². The Bertz CT molecular complexity index is 971. The zero-order chi connectivity index (χ0) is 23.8. The summed E-state index contributed by atoms with van der Waals surface area (Å²) in [6.07, 6.45) is 3.57. The Hall–Kier alpha value is -3.01. The van der Waals surface area contributed by atoms with Crippen molar-refractivity contribution in [3.63, 3.8) is 0 Å². The van der Waals surface area contributed by atoms with Gasteiger partial charge >= 0.3 is 0 Å². The Morgan fingerprint density at radius 3 is 2.64 bits per heavy atom. The van der Waals surface area contributed by atoms with Gasteiger partial charge in [-0.05, 0) is 50.3 Å². The molecule has 1 saturated heterocycles. The molecule has 1 aromatic carbocycles. The number of aryl methyl sites for hydroxylation is 1. The van der Waals surface area contributed by atoms with Gasteiger partial charge in [0.2, 0.25) is 11.8 Å². The number of methoxy groups -OCH3 is 1. The molecule has 0 aliphatic carbocycles. The van der Waals surface area contributed by atoms with Crippen molar-refractivity contribution in [1.82, 2.24) is 15.4 Å². The van der Waals surface area contributed by atoms with Gasteiger partial charge in [-0.3, -0.25) is 14.4 Å². The summed E-state index contributed by atoms with van der Waals surface area (Å²) >= 11 is 1.62. The Labute approximate surface area is 197 Å². The fourth-order valence-electron chi connectivity index (χ4n) is 3.80. The lowest BCUT2D eigenvalue weighted by atomic mass is 9.95. The number of hydrogen-bond acceptors (Lipinski definition) is 7. The third-order valence-corrected chi connectivity index (χ3v) is 6.27. The number of carbonyl (C=O) groups is 3. The van der Waals surface area contributed by atoms with E-state index in [9.17, 15) is 14.4 Å². The second-order valence-corrected chi connectivity index (χ2v) is 8.91. The van der Waals surface area contributed by atoms with E-state index < -0.39 is 6.04 Å². The zero-order valence-electron chi connectivity index (χ0n) is 19.1. The first-order chi connectivity index (χ1) is 15.9. The van der Waals surface area contributed by atoms with Crippen LogP contribution in [0.3, 0.4) is 0 Å². The van der Waals surface area contributed by atoms with Crippen molar-refractivity contribution in [1.29, 1.82) is 0 Å². The Morgan fingerprint density at radius 2 is 2.00 bits per heavy atom. The molecule has 3 amide bonds. The number of nitrogens with zero attached hydrogens (tertiary/aromatic N) is 2. The fourth-order valence-corrected chi connectivity index (χ4v) is 4.27. The van der Waals surface area contributed by atoms with Crippen molar-refractivity contribution in [2.45, 2.75) is 32.2 Å². The van der Waals surface area contributed by atoms with Crippen LogP contribution in [0.1, 0.15) is 35.4 Å². The topological polar surface area (TPSA) is 114 Å². The SMILES string of the molecule is COc1ccccc1C(=O)NC(CCSC)C(=O)N1CCC(C(=O)Nc2cc(C)on2)CC1. The average Bonchev–Trinajstić information content (AvgIpc) is 3.25. The van der Waals surface area contributed by atoms with Crippen LogP contribution < -0.4 is 15.4 Å². The van der Waals surface area contributed by atoms with Crippen LogP contribution >= 0.6 is 11.8 Å². The predicted octanol–water partition coefficient (Wildman–Crippen LogP) is 2.72. The summed E-state index contributed by atoms with van der Waals surface area (Å²) in [5.74, 6) is 1.41. The summed E-state index contributed by atoms with van der Waals surface area (Å²) in [5.41, 5.74) is 0.389. The van der Waals surface area contributed by atoms with Crippen LogP contribution in [0.4, 0.5) is 5.82 Å². The summed E-state index contributed by atoms with van der Waals surface area (Å²) in [5, 5.41) is 9.44. The van der Waals surface area contributed by atoms with E-state index in [-0.39, 0.29) is 23.6 Å². The molecule has 2 heterocycles. The van der Waals surface area contributed by atoms with Crippen LogP contribution in [0.2, 0.25) is 0 Å². The number of aromatic nitrogens is 1. The van der Waals surface area contributed by atoms with Gasteiger partial charge in [-0.1, -0.05) is 17.3 Å². The first-order valence-electron chi connectivity index (χ1n) is 10.9. The fraction of sp³-hybridized carbons (Fsp3) is 0.478. The van der Waals surface area contributed by atoms with E-state index in [1.807, 2.05) is 6.26 Å². The number of piperidine rings is 1. The van der Waals surface area contributed by atoms with Crippen molar-refractivity contribution in [3.8, 4) is 5.75 Å². The van der Waals surface area contributed by atoms with Gasteiger partial charge in [0, 0.05) is 25.1 Å². The molecular weight excluding hydrogens is 444 g/mol. The molecule has 1 atom stereocenters. The van der Waals surface area contributed by atoms with Crippen molar-refractivity contribution >= 4 is 35.3 Å². The molecule has 1 unspecified atom stereocenters. The Kier molecular flexibility index (Phi) is 8.76. The molecule has 3 rings (SSSR count). The first kappa shape index (κ1) is 24.6. The standard InChI is InChI=1S/C23H30N4O5S/c1-15-14-20(26-32-15)25-21(28)16-8-11-27(12-9-16)23(30)18(10-13-33-3)24-22(29)17-6-4-5-7-19(17)31-2/h4-7,14,16,18H,8-13H2,1-3H3,(H,24,29)(H,25,26,28). The van der Waals surface area contributed by atoms with Crippen molar-refractivity contribution in [3.05, 3.63) is 41.7 Å². The molecule has 178 valence electrons. The summed E-state index contributed by atoms with van der Waals surface area (Å²) < 4.78 is 10.3. The molecule has 33 heavy (non-hydrogen) atoms. The highest BCUT2D eigenvalue weighted by Crippen LogP contribution is 2.22. The van der Waals surface area contributed by atoms with Gasteiger partial charge in [0.25, 0.3) is 5.91 Å². The number of likely N-dealkylation sites (tertiary alicyclic amines) is 1. The minimum Gasteiger partial charge on any atom is -0.496 e. The van der Waals surface area contributed by atoms with Crippen molar-refractivity contribution in [2.24, 2.45) is 5.92 Å². The van der Waals surface area contributed by atoms with E-state index in [2.05, 4.69) is 15.8 Å². The monoisotopic (exact) mass is 474 g/mol. The van der Waals surface area contributed by atoms with Crippen LogP contribution in [-0.4, -0.2) is 66.0 Å². The van der Waals surface area contributed by atoms with E-state index in [0.29, 0.717) is 55.2 Å². The minimum atomic E-state index is -0.640. The van der Waals surface area contributed by atoms with Gasteiger partial charge < -0.3 is 24.8 Å². The van der Waals surface area contributed by atoms with Crippen LogP contribution in [0.25, 0.3) is 0 Å². The third kappa shape index (κ3) is 6.50. The Balaban J connectivity index is 1.59. The highest BCUT2D eigenvalue weighted by Gasteiger charge is 2.32. The summed E-state index contributed by atoms with van der Waals surface area (Å²) in [6, 6.07) is 7.95. The molecule has 2 aromatic rings. The number of nitrogens with one attached hydrogen (secondary N) is 2. The van der Waals surface area contributed by atoms with Crippen molar-refractivity contribution in [2.75, 3.05) is 37.5 Å². The number of rotatable bonds is 9. The van der Waals surface area contributed by atoms with Crippen molar-refractivity contribution < 1.29 is 23.6 Å². The molecule has 0 spiro atoms. The molecule has 1 fully saturated rings. The molecule has 1 aliphatic rings. The molecule has 0 saturated carbocycles. The number of hydrogen-bond donors (Lipinski definition) is 2. The summed E-state index contributed by atoms with van der Waals surface area (Å²) in [7, 11) is 1.51. The molecule has 1 aliphatic heterocycles. The van der Waals surface area contributed by atoms with Gasteiger partial charge in [0.05, 0.1) is 12.7 Å². The van der Waals surface area contributed by atoms with Gasteiger partial charge in [0.1, 0.15) is 17.6 Å². The van der Waals surface area contributed by atoms with Gasteiger partial charge in [-0.15, -0.1) is 0 Å². The highest BCUT2D eigenvalue weighted by molar-refractivity contribution is 7.98. The normalized spacial score (nSPS) is 15.1. The lowest BCUT2D eigenvalue weighted by Gasteiger charge is -2.34. The zero-order valence-corrected chi connectivity index (χ0v) is 19.9. The summed E-state index contributed by atoms with van der Waals surface area (Å²) in [6.45, 7) is 2.66. The van der Waals surface area contributed by atoms with E-state index in [1.54, 1.807) is 53.9 Å². The first-order valence-corrected chi connectivity index (χ1v) is 12.3. The maximum absolute atomic E-state index is 13.2. The predicted molar refractivity (Wildman–Crippen MR) is 126 cm³/mol. The maximum Gasteiger partial charge on any atom is 0.255 e. The van der Waals surface area contributed by atoms with E-state index in [4.69, 9.17) is 9.26 Å². The number of para-hydroxylation sites is 1. The number of ether oxygens (including phenoxy) is 1. The molecule has 9 nitrogen and oxygen atoms in total. The molecule has 1 aromatic heterocycles. The number of carbonyl (C=O) groups excluding carboxylic acids is 3.